The molecule has 2 rings (SSSR count). The molecule has 1 heterocycles. The summed E-state index contributed by atoms with van der Waals surface area (Å²) in [6.45, 7) is 11.0. The van der Waals surface area contributed by atoms with Gasteiger partial charge in [0.1, 0.15) is 0 Å². The highest BCUT2D eigenvalue weighted by Crippen LogP contribution is 2.13. The van der Waals surface area contributed by atoms with Crippen molar-refractivity contribution in [2.24, 2.45) is 11.8 Å². The molecule has 2 N–H and O–H groups in total. The monoisotopic (exact) mass is 289 g/mol. The highest BCUT2D eigenvalue weighted by Gasteiger charge is 2.32. The van der Waals surface area contributed by atoms with Crippen molar-refractivity contribution in [3.63, 3.8) is 0 Å². The zero-order valence-electron chi connectivity index (χ0n) is 13.8. The number of rotatable bonds is 4. The van der Waals surface area contributed by atoms with Gasteiger partial charge in [-0.2, -0.15) is 0 Å². The second-order valence-corrected chi connectivity index (χ2v) is 6.77. The van der Waals surface area contributed by atoms with E-state index in [0.717, 1.165) is 25.2 Å². The van der Waals surface area contributed by atoms with Crippen molar-refractivity contribution in [1.29, 1.82) is 0 Å². The van der Waals surface area contributed by atoms with E-state index >= 15 is 0 Å². The zero-order valence-corrected chi connectivity index (χ0v) is 13.8. The normalized spacial score (nSPS) is 27.1. The average Bonchev–Trinajstić information content (AvgIpc) is 2.46. The fraction of sp³-hybridized carbons (Fsp3) is 0.611. The molecule has 1 aromatic rings. The lowest BCUT2D eigenvalue weighted by Crippen LogP contribution is -3.18. The van der Waals surface area contributed by atoms with E-state index in [1.807, 2.05) is 12.1 Å². The minimum absolute atomic E-state index is 0.0149. The molecule has 0 spiro atoms. The van der Waals surface area contributed by atoms with Gasteiger partial charge in [-0.1, -0.05) is 32.9 Å². The van der Waals surface area contributed by atoms with Crippen LogP contribution in [0.4, 0.5) is 5.69 Å². The van der Waals surface area contributed by atoms with Crippen LogP contribution in [0.5, 0.6) is 0 Å². The molecular formula is C18H29N2O+. The maximum Gasteiger partial charge on any atom is 0.282 e. The summed E-state index contributed by atoms with van der Waals surface area (Å²) in [5.74, 6) is 1.56. The number of likely N-dealkylation sites (tertiary alicyclic amines) is 1. The van der Waals surface area contributed by atoms with Crippen LogP contribution >= 0.6 is 0 Å². The third-order valence-electron chi connectivity index (χ3n) is 4.66. The number of aryl methyl sites for hydroxylation is 1. The summed E-state index contributed by atoms with van der Waals surface area (Å²) >= 11 is 0. The quantitative estimate of drug-likeness (QED) is 0.875. The van der Waals surface area contributed by atoms with E-state index in [1.54, 1.807) is 0 Å². The number of quaternary nitrogens is 1. The molecule has 3 heteroatoms. The number of benzene rings is 1. The molecule has 116 valence electrons. The van der Waals surface area contributed by atoms with Gasteiger partial charge in [-0.25, -0.2) is 0 Å². The highest BCUT2D eigenvalue weighted by atomic mass is 16.2. The van der Waals surface area contributed by atoms with Crippen LogP contribution in [0.25, 0.3) is 0 Å². The molecule has 1 aliphatic heterocycles. The van der Waals surface area contributed by atoms with Crippen molar-refractivity contribution in [3.05, 3.63) is 29.8 Å². The molecular weight excluding hydrogens is 260 g/mol. The summed E-state index contributed by atoms with van der Waals surface area (Å²) in [5.41, 5.74) is 2.20. The molecule has 0 bridgehead atoms. The van der Waals surface area contributed by atoms with Crippen LogP contribution in [0.1, 0.15) is 39.7 Å². The van der Waals surface area contributed by atoms with Crippen molar-refractivity contribution in [3.8, 4) is 0 Å². The topological polar surface area (TPSA) is 33.5 Å². The average molecular weight is 289 g/mol. The number of nitrogens with one attached hydrogen (secondary N) is 2. The molecule has 21 heavy (non-hydrogen) atoms. The van der Waals surface area contributed by atoms with Crippen LogP contribution in [0.2, 0.25) is 0 Å². The SMILES string of the molecule is CCc1ccc(NC(=O)[C@H](C)[NH+]2C[C@@H](C)C[C@H](C)C2)cc1. The van der Waals surface area contributed by atoms with Gasteiger partial charge < -0.3 is 10.2 Å². The number of hydrogen-bond donors (Lipinski definition) is 2. The van der Waals surface area contributed by atoms with Crippen LogP contribution in [0.15, 0.2) is 24.3 Å². The molecule has 1 fully saturated rings. The molecule has 1 aliphatic rings. The smallest absolute Gasteiger partial charge is 0.282 e. The summed E-state index contributed by atoms with van der Waals surface area (Å²) in [7, 11) is 0. The van der Waals surface area contributed by atoms with Crippen molar-refractivity contribution < 1.29 is 9.69 Å². The fourth-order valence-corrected chi connectivity index (χ4v) is 3.45. The summed E-state index contributed by atoms with van der Waals surface area (Å²) in [6.07, 6.45) is 2.31. The number of anilines is 1. The number of carbonyl (C=O) groups is 1. The van der Waals surface area contributed by atoms with E-state index in [4.69, 9.17) is 0 Å². The molecule has 0 radical (unpaired) electrons. The molecule has 0 aliphatic carbocycles. The fourth-order valence-electron chi connectivity index (χ4n) is 3.45. The van der Waals surface area contributed by atoms with Crippen molar-refractivity contribution in [1.82, 2.24) is 0 Å². The molecule has 0 saturated carbocycles. The van der Waals surface area contributed by atoms with Crippen LogP contribution < -0.4 is 10.2 Å². The standard InChI is InChI=1S/C18H28N2O/c1-5-16-6-8-17(9-7-16)19-18(21)15(4)20-11-13(2)10-14(3)12-20/h6-9,13-15H,5,10-12H2,1-4H3,(H,19,21)/p+1/t13-,14-,15-/m0/s1. The lowest BCUT2D eigenvalue weighted by atomic mass is 9.91. The second kappa shape index (κ2) is 7.08. The van der Waals surface area contributed by atoms with Crippen LogP contribution in [0, 0.1) is 11.8 Å². The first-order chi connectivity index (χ1) is 9.99. The van der Waals surface area contributed by atoms with Gasteiger partial charge in [0.15, 0.2) is 6.04 Å². The Morgan fingerprint density at radius 1 is 1.24 bits per heavy atom. The minimum Gasteiger partial charge on any atom is -0.324 e. The van der Waals surface area contributed by atoms with Crippen molar-refractivity contribution >= 4 is 11.6 Å². The predicted molar refractivity (Wildman–Crippen MR) is 87.6 cm³/mol. The summed E-state index contributed by atoms with van der Waals surface area (Å²) in [5, 5.41) is 3.06. The third-order valence-corrected chi connectivity index (χ3v) is 4.66. The maximum atomic E-state index is 12.4. The lowest BCUT2D eigenvalue weighted by Gasteiger charge is -2.35. The Balaban J connectivity index is 1.95. The molecule has 0 unspecified atom stereocenters. The predicted octanol–water partition coefficient (Wildman–Crippen LogP) is 2.14. The number of piperidine rings is 1. The summed E-state index contributed by atoms with van der Waals surface area (Å²) in [6, 6.07) is 8.18. The Morgan fingerprint density at radius 3 is 2.33 bits per heavy atom. The van der Waals surface area contributed by atoms with E-state index in [9.17, 15) is 4.79 Å². The lowest BCUT2D eigenvalue weighted by molar-refractivity contribution is -0.925. The molecule has 3 atom stereocenters. The van der Waals surface area contributed by atoms with Gasteiger partial charge in [0.2, 0.25) is 0 Å². The van der Waals surface area contributed by atoms with Gasteiger partial charge in [-0.3, -0.25) is 4.79 Å². The molecule has 0 aromatic heterocycles. The number of carbonyl (C=O) groups excluding carboxylic acids is 1. The Hall–Kier alpha value is -1.35. The van der Waals surface area contributed by atoms with Gasteiger partial charge in [0, 0.05) is 17.5 Å². The maximum absolute atomic E-state index is 12.4. The Labute approximate surface area is 128 Å². The van der Waals surface area contributed by atoms with Crippen molar-refractivity contribution in [2.45, 2.75) is 46.6 Å². The highest BCUT2D eigenvalue weighted by molar-refractivity contribution is 5.93. The first kappa shape index (κ1) is 16.0. The van der Waals surface area contributed by atoms with E-state index in [0.29, 0.717) is 11.8 Å². The largest absolute Gasteiger partial charge is 0.324 e. The third kappa shape index (κ3) is 4.31. The van der Waals surface area contributed by atoms with Crippen LogP contribution in [-0.4, -0.2) is 25.0 Å². The molecule has 1 amide bonds. The van der Waals surface area contributed by atoms with Gasteiger partial charge >= 0.3 is 0 Å². The first-order valence-corrected chi connectivity index (χ1v) is 8.24. The zero-order chi connectivity index (χ0) is 15.4. The van der Waals surface area contributed by atoms with E-state index in [-0.39, 0.29) is 11.9 Å². The second-order valence-electron chi connectivity index (χ2n) is 6.77. The van der Waals surface area contributed by atoms with E-state index in [2.05, 4.69) is 45.1 Å². The first-order valence-electron chi connectivity index (χ1n) is 8.24. The Bertz CT molecular complexity index is 459. The van der Waals surface area contributed by atoms with E-state index < -0.39 is 0 Å². The van der Waals surface area contributed by atoms with E-state index in [1.165, 1.54) is 16.9 Å². The van der Waals surface area contributed by atoms with Gasteiger partial charge in [-0.15, -0.1) is 0 Å². The molecule has 3 nitrogen and oxygen atoms in total. The summed E-state index contributed by atoms with van der Waals surface area (Å²) in [4.78, 5) is 13.9. The molecule has 1 aromatic carbocycles. The number of hydrogen-bond acceptors (Lipinski definition) is 1. The Morgan fingerprint density at radius 2 is 1.81 bits per heavy atom. The minimum atomic E-state index is 0.0149. The van der Waals surface area contributed by atoms with Crippen LogP contribution in [0.3, 0.4) is 0 Å². The van der Waals surface area contributed by atoms with Crippen LogP contribution in [-0.2, 0) is 11.2 Å². The van der Waals surface area contributed by atoms with Crippen molar-refractivity contribution in [2.75, 3.05) is 18.4 Å². The van der Waals surface area contributed by atoms with Gasteiger partial charge in [0.25, 0.3) is 5.91 Å². The van der Waals surface area contributed by atoms with Gasteiger partial charge in [0.05, 0.1) is 13.1 Å². The summed E-state index contributed by atoms with van der Waals surface area (Å²) < 4.78 is 0. The van der Waals surface area contributed by atoms with Gasteiger partial charge in [-0.05, 0) is 37.5 Å². The molecule has 1 saturated heterocycles. The Kier molecular flexibility index (Phi) is 5.40. The number of amides is 1.